The zero-order chi connectivity index (χ0) is 9.97. The van der Waals surface area contributed by atoms with Gasteiger partial charge in [-0.15, -0.1) is 11.6 Å². The van der Waals surface area contributed by atoms with Crippen molar-refractivity contribution in [2.75, 3.05) is 0 Å². The molecule has 1 N–H and O–H groups in total. The van der Waals surface area contributed by atoms with Crippen molar-refractivity contribution in [2.24, 2.45) is 5.92 Å². The quantitative estimate of drug-likeness (QED) is 0.705. The Morgan fingerprint density at radius 1 is 1.21 bits per heavy atom. The number of rotatable bonds is 2. The average Bonchev–Trinajstić information content (AvgIpc) is 2.65. The lowest BCUT2D eigenvalue weighted by Gasteiger charge is -2.29. The van der Waals surface area contributed by atoms with E-state index in [9.17, 15) is 4.79 Å². The number of carbonyl (C=O) groups is 1. The van der Waals surface area contributed by atoms with Crippen molar-refractivity contribution in [3.05, 3.63) is 0 Å². The summed E-state index contributed by atoms with van der Waals surface area (Å²) in [7, 11) is 0. The highest BCUT2D eigenvalue weighted by atomic mass is 35.5. The van der Waals surface area contributed by atoms with E-state index in [2.05, 4.69) is 5.32 Å². The number of halogens is 1. The standard InChI is InChI=1S/C11H18ClNO/c12-11(8-4-2-1-3-5-8)9-6-7-10(14)13-9/h8-9,11H,1-7H2,(H,13,14)/t9-,11-/m1/s1. The Morgan fingerprint density at radius 3 is 2.50 bits per heavy atom. The van der Waals surface area contributed by atoms with Gasteiger partial charge in [0.05, 0.1) is 5.38 Å². The minimum Gasteiger partial charge on any atom is -0.352 e. The molecular weight excluding hydrogens is 198 g/mol. The second kappa shape index (κ2) is 4.52. The maximum atomic E-state index is 11.1. The molecule has 2 rings (SSSR count). The highest BCUT2D eigenvalue weighted by Crippen LogP contribution is 2.32. The van der Waals surface area contributed by atoms with Gasteiger partial charge in [0.1, 0.15) is 0 Å². The number of alkyl halides is 1. The fourth-order valence-electron chi connectivity index (χ4n) is 2.66. The molecule has 3 heteroatoms. The summed E-state index contributed by atoms with van der Waals surface area (Å²) < 4.78 is 0. The smallest absolute Gasteiger partial charge is 0.220 e. The van der Waals surface area contributed by atoms with Gasteiger partial charge in [-0.1, -0.05) is 19.3 Å². The molecule has 0 unspecified atom stereocenters. The molecule has 2 nitrogen and oxygen atoms in total. The van der Waals surface area contributed by atoms with Gasteiger partial charge >= 0.3 is 0 Å². The Kier molecular flexibility index (Phi) is 3.32. The first-order chi connectivity index (χ1) is 6.77. The van der Waals surface area contributed by atoms with Crippen LogP contribution in [-0.4, -0.2) is 17.3 Å². The Labute approximate surface area is 90.4 Å². The molecule has 14 heavy (non-hydrogen) atoms. The molecule has 0 aromatic rings. The van der Waals surface area contributed by atoms with Gasteiger partial charge in [-0.25, -0.2) is 0 Å². The second-order valence-electron chi connectivity index (χ2n) is 4.56. The fraction of sp³-hybridized carbons (Fsp3) is 0.909. The van der Waals surface area contributed by atoms with Crippen molar-refractivity contribution in [2.45, 2.75) is 56.4 Å². The monoisotopic (exact) mass is 215 g/mol. The highest BCUT2D eigenvalue weighted by molar-refractivity contribution is 6.21. The van der Waals surface area contributed by atoms with Gasteiger partial charge in [0, 0.05) is 12.5 Å². The summed E-state index contributed by atoms with van der Waals surface area (Å²) in [5.74, 6) is 0.810. The van der Waals surface area contributed by atoms with E-state index >= 15 is 0 Å². The van der Waals surface area contributed by atoms with Crippen LogP contribution in [0.15, 0.2) is 0 Å². The van der Waals surface area contributed by atoms with E-state index in [0.29, 0.717) is 12.3 Å². The van der Waals surface area contributed by atoms with Crippen LogP contribution in [-0.2, 0) is 4.79 Å². The van der Waals surface area contributed by atoms with Crippen LogP contribution in [0.3, 0.4) is 0 Å². The lowest BCUT2D eigenvalue weighted by Crippen LogP contribution is -2.38. The van der Waals surface area contributed by atoms with Crippen LogP contribution in [0.25, 0.3) is 0 Å². The van der Waals surface area contributed by atoms with E-state index in [1.165, 1.54) is 32.1 Å². The minimum absolute atomic E-state index is 0.168. The zero-order valence-electron chi connectivity index (χ0n) is 8.47. The van der Waals surface area contributed by atoms with Crippen molar-refractivity contribution in [3.8, 4) is 0 Å². The summed E-state index contributed by atoms with van der Waals surface area (Å²) in [5.41, 5.74) is 0. The molecule has 0 bridgehead atoms. The third-order valence-corrected chi connectivity index (χ3v) is 4.17. The van der Waals surface area contributed by atoms with Crippen LogP contribution >= 0.6 is 11.6 Å². The maximum absolute atomic E-state index is 11.1. The van der Waals surface area contributed by atoms with Crippen molar-refractivity contribution in [1.82, 2.24) is 5.32 Å². The van der Waals surface area contributed by atoms with E-state index in [1.807, 2.05) is 0 Å². The molecule has 1 heterocycles. The molecule has 1 saturated carbocycles. The molecule has 1 aliphatic heterocycles. The molecule has 0 aromatic carbocycles. The van der Waals surface area contributed by atoms with Crippen LogP contribution in [0.4, 0.5) is 0 Å². The maximum Gasteiger partial charge on any atom is 0.220 e. The Bertz CT molecular complexity index is 213. The first-order valence-electron chi connectivity index (χ1n) is 5.71. The summed E-state index contributed by atoms with van der Waals surface area (Å²) in [5, 5.41) is 3.15. The lowest BCUT2D eigenvalue weighted by molar-refractivity contribution is -0.119. The van der Waals surface area contributed by atoms with Gasteiger partial charge in [0.15, 0.2) is 0 Å². The molecule has 1 saturated heterocycles. The summed E-state index contributed by atoms with van der Waals surface area (Å²) in [6.07, 6.45) is 8.09. The molecule has 80 valence electrons. The van der Waals surface area contributed by atoms with Crippen molar-refractivity contribution < 1.29 is 4.79 Å². The molecule has 2 fully saturated rings. The predicted molar refractivity (Wildman–Crippen MR) is 57.4 cm³/mol. The molecule has 1 aliphatic carbocycles. The van der Waals surface area contributed by atoms with Gasteiger partial charge in [0.2, 0.25) is 5.91 Å². The summed E-state index contributed by atoms with van der Waals surface area (Å²) >= 11 is 6.42. The average molecular weight is 216 g/mol. The van der Waals surface area contributed by atoms with Crippen molar-refractivity contribution in [3.63, 3.8) is 0 Å². The van der Waals surface area contributed by atoms with Crippen LogP contribution in [0, 0.1) is 5.92 Å². The van der Waals surface area contributed by atoms with E-state index in [-0.39, 0.29) is 17.3 Å². The number of nitrogens with one attached hydrogen (secondary N) is 1. The predicted octanol–water partition coefficient (Wildman–Crippen LogP) is 2.45. The molecular formula is C11H18ClNO. The van der Waals surface area contributed by atoms with E-state index < -0.39 is 0 Å². The topological polar surface area (TPSA) is 29.1 Å². The summed E-state index contributed by atoms with van der Waals surface area (Å²) in [6.45, 7) is 0. The van der Waals surface area contributed by atoms with Crippen LogP contribution < -0.4 is 5.32 Å². The van der Waals surface area contributed by atoms with Crippen LogP contribution in [0.1, 0.15) is 44.9 Å². The molecule has 2 atom stereocenters. The third-order valence-electron chi connectivity index (χ3n) is 3.51. The first kappa shape index (κ1) is 10.3. The second-order valence-corrected chi connectivity index (χ2v) is 5.06. The highest BCUT2D eigenvalue weighted by Gasteiger charge is 2.33. The van der Waals surface area contributed by atoms with Gasteiger partial charge in [-0.3, -0.25) is 4.79 Å². The van der Waals surface area contributed by atoms with Gasteiger partial charge in [-0.2, -0.15) is 0 Å². The van der Waals surface area contributed by atoms with E-state index in [0.717, 1.165) is 6.42 Å². The fourth-order valence-corrected chi connectivity index (χ4v) is 3.10. The van der Waals surface area contributed by atoms with Crippen molar-refractivity contribution >= 4 is 17.5 Å². The van der Waals surface area contributed by atoms with Gasteiger partial charge in [-0.05, 0) is 25.2 Å². The molecule has 1 amide bonds. The molecule has 0 aromatic heterocycles. The van der Waals surface area contributed by atoms with E-state index in [4.69, 9.17) is 11.6 Å². The number of hydrogen-bond donors (Lipinski definition) is 1. The number of amides is 1. The molecule has 2 aliphatic rings. The summed E-state index contributed by atoms with van der Waals surface area (Å²) in [4.78, 5) is 11.1. The third kappa shape index (κ3) is 2.22. The van der Waals surface area contributed by atoms with Crippen LogP contribution in [0.5, 0.6) is 0 Å². The summed E-state index contributed by atoms with van der Waals surface area (Å²) in [6, 6.07) is 0.243. The molecule has 0 radical (unpaired) electrons. The molecule has 0 spiro atoms. The van der Waals surface area contributed by atoms with Crippen molar-refractivity contribution in [1.29, 1.82) is 0 Å². The minimum atomic E-state index is 0.168. The normalized spacial score (nSPS) is 31.5. The van der Waals surface area contributed by atoms with E-state index in [1.54, 1.807) is 0 Å². The zero-order valence-corrected chi connectivity index (χ0v) is 9.22. The first-order valence-corrected chi connectivity index (χ1v) is 6.14. The lowest BCUT2D eigenvalue weighted by atomic mass is 9.84. The SMILES string of the molecule is O=C1CC[C@H]([C@H](Cl)C2CCCCC2)N1. The largest absolute Gasteiger partial charge is 0.352 e. The van der Waals surface area contributed by atoms with Gasteiger partial charge in [0.25, 0.3) is 0 Å². The Morgan fingerprint density at radius 2 is 1.93 bits per heavy atom. The van der Waals surface area contributed by atoms with Gasteiger partial charge < -0.3 is 5.32 Å². The number of hydrogen-bond acceptors (Lipinski definition) is 1. The number of carbonyl (C=O) groups excluding carboxylic acids is 1. The Balaban J connectivity index is 1.86. The van der Waals surface area contributed by atoms with Crippen LogP contribution in [0.2, 0.25) is 0 Å². The Hall–Kier alpha value is -0.240.